The van der Waals surface area contributed by atoms with E-state index in [1.807, 2.05) is 24.4 Å². The van der Waals surface area contributed by atoms with Gasteiger partial charge in [0.05, 0.1) is 18.1 Å². The molecule has 1 aliphatic rings. The van der Waals surface area contributed by atoms with Crippen molar-refractivity contribution >= 4 is 15.5 Å². The predicted octanol–water partition coefficient (Wildman–Crippen LogP) is 3.10. The third-order valence-electron chi connectivity index (χ3n) is 5.57. The molecule has 8 heteroatoms. The number of ether oxygens (including phenoxy) is 1. The van der Waals surface area contributed by atoms with E-state index in [1.165, 1.54) is 11.8 Å². The second-order valence-corrected chi connectivity index (χ2v) is 9.94. The molecule has 5 rings (SSSR count). The van der Waals surface area contributed by atoms with Crippen molar-refractivity contribution in [1.29, 1.82) is 0 Å². The van der Waals surface area contributed by atoms with Gasteiger partial charge in [-0.25, -0.2) is 17.9 Å². The highest BCUT2D eigenvalue weighted by Crippen LogP contribution is 2.27. The molecule has 1 fully saturated rings. The molecule has 2 aromatic heterocycles. The van der Waals surface area contributed by atoms with E-state index in [9.17, 15) is 8.42 Å². The fraction of sp³-hybridized carbons (Fsp3) is 0.250. The summed E-state index contributed by atoms with van der Waals surface area (Å²) >= 11 is 0. The van der Waals surface area contributed by atoms with E-state index in [0.717, 1.165) is 49.5 Å². The predicted molar refractivity (Wildman–Crippen MR) is 122 cm³/mol. The van der Waals surface area contributed by atoms with Gasteiger partial charge in [0.15, 0.2) is 21.3 Å². The first kappa shape index (κ1) is 20.8. The van der Waals surface area contributed by atoms with E-state index in [4.69, 9.17) is 9.72 Å². The van der Waals surface area contributed by atoms with Crippen LogP contribution in [0.4, 0.5) is 0 Å². The minimum atomic E-state index is -3.24. The van der Waals surface area contributed by atoms with Gasteiger partial charge < -0.3 is 4.74 Å². The normalized spacial score (nSPS) is 15.3. The Kier molecular flexibility index (Phi) is 5.50. The Labute approximate surface area is 187 Å². The molecule has 7 nitrogen and oxygen atoms in total. The average molecular weight is 448 g/mol. The molecule has 163 valence electrons. The number of aromatic nitrogens is 3. The highest BCUT2D eigenvalue weighted by molar-refractivity contribution is 7.90. The lowest BCUT2D eigenvalue weighted by atomic mass is 10.1. The number of sulfone groups is 1. The lowest BCUT2D eigenvalue weighted by molar-refractivity contribution is 0.0342. The van der Waals surface area contributed by atoms with Crippen molar-refractivity contribution in [3.05, 3.63) is 72.4 Å². The van der Waals surface area contributed by atoms with Crippen LogP contribution in [0.1, 0.15) is 5.56 Å². The molecule has 1 aliphatic heterocycles. The maximum absolute atomic E-state index is 11.8. The van der Waals surface area contributed by atoms with Crippen molar-refractivity contribution in [3.63, 3.8) is 0 Å². The van der Waals surface area contributed by atoms with Gasteiger partial charge in [-0.1, -0.05) is 24.3 Å². The van der Waals surface area contributed by atoms with Gasteiger partial charge in [0, 0.05) is 43.2 Å². The molecular formula is C24H23N4O3S. The van der Waals surface area contributed by atoms with E-state index in [-0.39, 0.29) is 0 Å². The number of hydrogen-bond acceptors (Lipinski definition) is 6. The largest absolute Gasteiger partial charge is 0.379 e. The molecule has 3 heterocycles. The maximum Gasteiger partial charge on any atom is 0.182 e. The SMILES string of the molecule is CS(=O)(=O)c1ccc(-c2cccn3nc(-c4[c]ccc(CN5CCOCC5)c4)nc23)cc1. The molecule has 2 aromatic carbocycles. The summed E-state index contributed by atoms with van der Waals surface area (Å²) in [6, 6.07) is 20.0. The third-order valence-corrected chi connectivity index (χ3v) is 6.70. The van der Waals surface area contributed by atoms with E-state index in [0.29, 0.717) is 16.4 Å². The molecule has 4 aromatic rings. The molecule has 0 amide bonds. The van der Waals surface area contributed by atoms with Crippen molar-refractivity contribution in [2.45, 2.75) is 11.4 Å². The number of morpholine rings is 1. The van der Waals surface area contributed by atoms with Crippen LogP contribution in [0.5, 0.6) is 0 Å². The molecular weight excluding hydrogens is 424 g/mol. The summed E-state index contributed by atoms with van der Waals surface area (Å²) in [4.78, 5) is 7.45. The van der Waals surface area contributed by atoms with Crippen LogP contribution in [-0.4, -0.2) is 60.5 Å². The summed E-state index contributed by atoms with van der Waals surface area (Å²) in [6.45, 7) is 4.27. The van der Waals surface area contributed by atoms with Gasteiger partial charge >= 0.3 is 0 Å². The first-order valence-corrected chi connectivity index (χ1v) is 12.3. The third kappa shape index (κ3) is 4.29. The number of rotatable bonds is 5. The molecule has 1 saturated heterocycles. The molecule has 0 saturated carbocycles. The summed E-state index contributed by atoms with van der Waals surface area (Å²) in [6.07, 6.45) is 3.06. The van der Waals surface area contributed by atoms with Crippen molar-refractivity contribution in [2.75, 3.05) is 32.6 Å². The zero-order valence-corrected chi connectivity index (χ0v) is 18.5. The standard InChI is InChI=1S/C24H23N4O3S/c1-32(29,30)21-9-7-19(8-10-21)22-6-3-11-28-24(22)25-23(26-28)20-5-2-4-18(16-20)17-27-12-14-31-15-13-27/h2-4,6-11,16H,12-15,17H2,1H3. The van der Waals surface area contributed by atoms with E-state index >= 15 is 0 Å². The Balaban J connectivity index is 1.47. The van der Waals surface area contributed by atoms with Crippen LogP contribution in [0.3, 0.4) is 0 Å². The highest BCUT2D eigenvalue weighted by atomic mass is 32.2. The van der Waals surface area contributed by atoms with Gasteiger partial charge in [-0.05, 0) is 47.5 Å². The summed E-state index contributed by atoms with van der Waals surface area (Å²) in [5.74, 6) is 0.606. The zero-order valence-electron chi connectivity index (χ0n) is 17.7. The van der Waals surface area contributed by atoms with Crippen LogP contribution in [-0.2, 0) is 21.1 Å². The average Bonchev–Trinajstić information content (AvgIpc) is 3.24. The quantitative estimate of drug-likeness (QED) is 0.468. The Morgan fingerprint density at radius 3 is 2.62 bits per heavy atom. The summed E-state index contributed by atoms with van der Waals surface area (Å²) in [5, 5.41) is 4.66. The first-order chi connectivity index (χ1) is 15.5. The Bertz CT molecular complexity index is 1360. The molecule has 32 heavy (non-hydrogen) atoms. The van der Waals surface area contributed by atoms with Crippen LogP contribution in [0, 0.1) is 6.07 Å². The second-order valence-electron chi connectivity index (χ2n) is 7.92. The molecule has 0 N–H and O–H groups in total. The number of fused-ring (bicyclic) bond motifs is 1. The molecule has 1 radical (unpaired) electrons. The maximum atomic E-state index is 11.8. The van der Waals surface area contributed by atoms with Crippen molar-refractivity contribution in [1.82, 2.24) is 19.5 Å². The molecule has 0 spiro atoms. The van der Waals surface area contributed by atoms with Gasteiger partial charge in [0.25, 0.3) is 0 Å². The van der Waals surface area contributed by atoms with Gasteiger partial charge in [-0.3, -0.25) is 4.90 Å². The lowest BCUT2D eigenvalue weighted by Crippen LogP contribution is -2.35. The van der Waals surface area contributed by atoms with Crippen molar-refractivity contribution < 1.29 is 13.2 Å². The zero-order chi connectivity index (χ0) is 22.1. The summed E-state index contributed by atoms with van der Waals surface area (Å²) < 4.78 is 30.7. The topological polar surface area (TPSA) is 76.8 Å². The van der Waals surface area contributed by atoms with Gasteiger partial charge in [0.1, 0.15) is 0 Å². The Hall–Kier alpha value is -3.07. The number of benzene rings is 2. The molecule has 0 atom stereocenters. The molecule has 0 aliphatic carbocycles. The van der Waals surface area contributed by atoms with Crippen LogP contribution in [0.15, 0.2) is 65.7 Å². The van der Waals surface area contributed by atoms with Gasteiger partial charge in [-0.15, -0.1) is 5.10 Å². The number of hydrogen-bond donors (Lipinski definition) is 0. The smallest absolute Gasteiger partial charge is 0.182 e. The summed E-state index contributed by atoms with van der Waals surface area (Å²) in [5.41, 5.74) is 4.51. The lowest BCUT2D eigenvalue weighted by Gasteiger charge is -2.26. The van der Waals surface area contributed by atoms with Crippen LogP contribution in [0.2, 0.25) is 0 Å². The Morgan fingerprint density at radius 1 is 1.09 bits per heavy atom. The summed E-state index contributed by atoms with van der Waals surface area (Å²) in [7, 11) is -3.24. The van der Waals surface area contributed by atoms with Crippen LogP contribution in [0.25, 0.3) is 28.2 Å². The van der Waals surface area contributed by atoms with Crippen molar-refractivity contribution in [2.24, 2.45) is 0 Å². The van der Waals surface area contributed by atoms with Gasteiger partial charge in [-0.2, -0.15) is 0 Å². The molecule has 0 bridgehead atoms. The van der Waals surface area contributed by atoms with E-state index in [2.05, 4.69) is 28.2 Å². The van der Waals surface area contributed by atoms with Gasteiger partial charge in [0.2, 0.25) is 0 Å². The van der Waals surface area contributed by atoms with E-state index < -0.39 is 9.84 Å². The minimum absolute atomic E-state index is 0.294. The first-order valence-electron chi connectivity index (χ1n) is 10.4. The van der Waals surface area contributed by atoms with Crippen molar-refractivity contribution in [3.8, 4) is 22.5 Å². The minimum Gasteiger partial charge on any atom is -0.379 e. The fourth-order valence-corrected chi connectivity index (χ4v) is 4.52. The van der Waals surface area contributed by atoms with Crippen LogP contribution < -0.4 is 0 Å². The van der Waals surface area contributed by atoms with E-state index in [1.54, 1.807) is 28.8 Å². The number of nitrogens with zero attached hydrogens (tertiary/aromatic N) is 4. The monoisotopic (exact) mass is 447 g/mol. The fourth-order valence-electron chi connectivity index (χ4n) is 3.89. The second kappa shape index (κ2) is 8.46. The highest BCUT2D eigenvalue weighted by Gasteiger charge is 2.15. The Morgan fingerprint density at radius 2 is 1.88 bits per heavy atom. The molecule has 0 unspecified atom stereocenters. The van der Waals surface area contributed by atoms with Crippen LogP contribution >= 0.6 is 0 Å². The number of pyridine rings is 1.